The summed E-state index contributed by atoms with van der Waals surface area (Å²) in [7, 11) is 1.74. The lowest BCUT2D eigenvalue weighted by Gasteiger charge is -2.11. The molecular weight excluding hydrogens is 318 g/mol. The van der Waals surface area contributed by atoms with E-state index in [1.807, 2.05) is 46.4 Å². The molecule has 0 atom stereocenters. The highest BCUT2D eigenvalue weighted by Gasteiger charge is 2.05. The fraction of sp³-hybridized carbons (Fsp3) is 0.200. The van der Waals surface area contributed by atoms with Crippen molar-refractivity contribution in [2.24, 2.45) is 4.99 Å². The van der Waals surface area contributed by atoms with Crippen LogP contribution in [0.25, 0.3) is 4.96 Å². The van der Waals surface area contributed by atoms with Crippen molar-refractivity contribution in [2.75, 3.05) is 7.05 Å². The van der Waals surface area contributed by atoms with Crippen LogP contribution in [0.3, 0.4) is 0 Å². The van der Waals surface area contributed by atoms with Crippen LogP contribution < -0.4 is 10.6 Å². The molecule has 5 nitrogen and oxygen atoms in total. The van der Waals surface area contributed by atoms with Crippen LogP contribution in [0.2, 0.25) is 5.02 Å². The van der Waals surface area contributed by atoms with Gasteiger partial charge in [0.2, 0.25) is 0 Å². The second-order valence-electron chi connectivity index (χ2n) is 4.70. The van der Waals surface area contributed by atoms with E-state index in [1.54, 1.807) is 18.4 Å². The van der Waals surface area contributed by atoms with Gasteiger partial charge in [0.05, 0.1) is 12.2 Å². The number of hydrogen-bond donors (Lipinski definition) is 2. The average molecular weight is 334 g/mol. The summed E-state index contributed by atoms with van der Waals surface area (Å²) in [6.07, 6.45) is 4.02. The van der Waals surface area contributed by atoms with E-state index in [-0.39, 0.29) is 0 Å². The molecule has 22 heavy (non-hydrogen) atoms. The van der Waals surface area contributed by atoms with Crippen LogP contribution >= 0.6 is 22.9 Å². The Morgan fingerprint density at radius 2 is 2.14 bits per heavy atom. The Balaban J connectivity index is 1.56. The van der Waals surface area contributed by atoms with Gasteiger partial charge in [0.25, 0.3) is 0 Å². The van der Waals surface area contributed by atoms with Gasteiger partial charge in [0.15, 0.2) is 10.9 Å². The van der Waals surface area contributed by atoms with E-state index in [1.165, 1.54) is 0 Å². The van der Waals surface area contributed by atoms with Crippen LogP contribution in [-0.4, -0.2) is 22.4 Å². The minimum atomic E-state index is 0.622. The van der Waals surface area contributed by atoms with Crippen molar-refractivity contribution in [1.82, 2.24) is 20.0 Å². The van der Waals surface area contributed by atoms with E-state index in [0.717, 1.165) is 27.2 Å². The second kappa shape index (κ2) is 6.81. The molecule has 0 amide bonds. The van der Waals surface area contributed by atoms with Gasteiger partial charge in [-0.15, -0.1) is 11.3 Å². The van der Waals surface area contributed by atoms with E-state index < -0.39 is 0 Å². The summed E-state index contributed by atoms with van der Waals surface area (Å²) in [5.41, 5.74) is 2.02. The third-order valence-electron chi connectivity index (χ3n) is 3.21. The summed E-state index contributed by atoms with van der Waals surface area (Å²) in [6, 6.07) is 7.76. The summed E-state index contributed by atoms with van der Waals surface area (Å²) < 4.78 is 2.02. The number of guanidine groups is 1. The first-order valence-electron chi connectivity index (χ1n) is 6.85. The Morgan fingerprint density at radius 3 is 2.91 bits per heavy atom. The number of aromatic nitrogens is 2. The van der Waals surface area contributed by atoms with Crippen LogP contribution in [0.4, 0.5) is 0 Å². The maximum Gasteiger partial charge on any atom is 0.193 e. The highest BCUT2D eigenvalue weighted by molar-refractivity contribution is 7.15. The predicted octanol–water partition coefficient (Wildman–Crippen LogP) is 2.91. The number of nitrogens with zero attached hydrogens (tertiary/aromatic N) is 3. The molecule has 2 N–H and O–H groups in total. The van der Waals surface area contributed by atoms with Gasteiger partial charge in [-0.2, -0.15) is 0 Å². The molecule has 0 saturated carbocycles. The summed E-state index contributed by atoms with van der Waals surface area (Å²) >= 11 is 7.77. The van der Waals surface area contributed by atoms with Crippen molar-refractivity contribution < 1.29 is 0 Å². The zero-order chi connectivity index (χ0) is 15.4. The highest BCUT2D eigenvalue weighted by Crippen LogP contribution is 2.14. The maximum absolute atomic E-state index is 6.14. The quantitative estimate of drug-likeness (QED) is 0.570. The Kier molecular flexibility index (Phi) is 4.60. The molecule has 0 aliphatic rings. The lowest BCUT2D eigenvalue weighted by Crippen LogP contribution is -2.36. The van der Waals surface area contributed by atoms with Gasteiger partial charge in [-0.05, 0) is 11.6 Å². The number of hydrogen-bond acceptors (Lipinski definition) is 3. The first-order chi connectivity index (χ1) is 10.8. The molecule has 114 valence electrons. The first kappa shape index (κ1) is 14.9. The average Bonchev–Trinajstić information content (AvgIpc) is 3.10. The van der Waals surface area contributed by atoms with E-state index in [4.69, 9.17) is 11.6 Å². The van der Waals surface area contributed by atoms with Crippen molar-refractivity contribution >= 4 is 33.9 Å². The zero-order valence-corrected chi connectivity index (χ0v) is 13.7. The maximum atomic E-state index is 6.14. The number of imidazole rings is 1. The number of benzene rings is 1. The molecule has 3 rings (SSSR count). The lowest BCUT2D eigenvalue weighted by molar-refractivity contribution is 0.798. The van der Waals surface area contributed by atoms with Crippen LogP contribution in [-0.2, 0) is 13.1 Å². The third kappa shape index (κ3) is 3.40. The van der Waals surface area contributed by atoms with E-state index in [9.17, 15) is 0 Å². The van der Waals surface area contributed by atoms with Gasteiger partial charge < -0.3 is 10.6 Å². The number of fused-ring (bicyclic) bond motifs is 1. The molecule has 0 unspecified atom stereocenters. The van der Waals surface area contributed by atoms with Crippen molar-refractivity contribution in [1.29, 1.82) is 0 Å². The minimum Gasteiger partial charge on any atom is -0.352 e. The van der Waals surface area contributed by atoms with Crippen molar-refractivity contribution in [3.05, 3.63) is 58.3 Å². The van der Waals surface area contributed by atoms with Gasteiger partial charge in [-0.1, -0.05) is 29.8 Å². The first-order valence-corrected chi connectivity index (χ1v) is 8.11. The van der Waals surface area contributed by atoms with E-state index in [0.29, 0.717) is 13.1 Å². The molecule has 0 saturated heterocycles. The summed E-state index contributed by atoms with van der Waals surface area (Å²) in [5.74, 6) is 0.719. The molecule has 0 radical (unpaired) electrons. The van der Waals surface area contributed by atoms with Gasteiger partial charge in [-0.25, -0.2) is 4.98 Å². The van der Waals surface area contributed by atoms with Crippen LogP contribution in [0.1, 0.15) is 11.3 Å². The van der Waals surface area contributed by atoms with Crippen molar-refractivity contribution in [2.45, 2.75) is 13.1 Å². The number of thiazole rings is 1. The molecule has 0 bridgehead atoms. The summed E-state index contributed by atoms with van der Waals surface area (Å²) in [4.78, 5) is 9.73. The molecule has 0 aliphatic carbocycles. The van der Waals surface area contributed by atoms with Gasteiger partial charge >= 0.3 is 0 Å². The normalized spacial score (nSPS) is 11.8. The molecule has 2 heterocycles. The topological polar surface area (TPSA) is 53.7 Å². The lowest BCUT2D eigenvalue weighted by atomic mass is 10.2. The highest BCUT2D eigenvalue weighted by atomic mass is 35.5. The number of aliphatic imine (C=N–C) groups is 1. The Bertz CT molecular complexity index is 763. The van der Waals surface area contributed by atoms with Crippen LogP contribution in [0.15, 0.2) is 47.0 Å². The molecule has 0 aliphatic heterocycles. The number of halogens is 1. The van der Waals surface area contributed by atoms with Crippen LogP contribution in [0.5, 0.6) is 0 Å². The molecule has 3 aromatic rings. The van der Waals surface area contributed by atoms with Gasteiger partial charge in [-0.3, -0.25) is 9.39 Å². The number of nitrogens with one attached hydrogen (secondary N) is 2. The van der Waals surface area contributed by atoms with Crippen LogP contribution in [0, 0.1) is 0 Å². The smallest absolute Gasteiger partial charge is 0.193 e. The van der Waals surface area contributed by atoms with Crippen molar-refractivity contribution in [3.8, 4) is 0 Å². The van der Waals surface area contributed by atoms with Crippen molar-refractivity contribution in [3.63, 3.8) is 0 Å². The third-order valence-corrected chi connectivity index (χ3v) is 4.35. The Morgan fingerprint density at radius 1 is 1.32 bits per heavy atom. The molecular formula is C15H16ClN5S. The Hall–Kier alpha value is -2.05. The molecule has 0 spiro atoms. The summed E-state index contributed by atoms with van der Waals surface area (Å²) in [6.45, 7) is 1.24. The Labute approximate surface area is 137 Å². The fourth-order valence-corrected chi connectivity index (χ4v) is 3.00. The van der Waals surface area contributed by atoms with Gasteiger partial charge in [0, 0.05) is 36.4 Å². The second-order valence-corrected chi connectivity index (χ2v) is 5.98. The molecule has 7 heteroatoms. The van der Waals surface area contributed by atoms with Gasteiger partial charge in [0.1, 0.15) is 0 Å². The molecule has 0 fully saturated rings. The largest absolute Gasteiger partial charge is 0.352 e. The monoisotopic (exact) mass is 333 g/mol. The molecule has 1 aromatic carbocycles. The van der Waals surface area contributed by atoms with E-state index in [2.05, 4.69) is 20.6 Å². The standard InChI is InChI=1S/C15H16ClN5S/c1-17-14(18-8-11-4-2-3-5-13(11)16)19-9-12-10-21-6-7-22-15(21)20-12/h2-7,10H,8-9H2,1H3,(H2,17,18,19). The minimum absolute atomic E-state index is 0.622. The SMILES string of the molecule is CN=C(NCc1cn2ccsc2n1)NCc1ccccc1Cl. The molecule has 2 aromatic heterocycles. The number of rotatable bonds is 4. The zero-order valence-electron chi connectivity index (χ0n) is 12.1. The summed E-state index contributed by atoms with van der Waals surface area (Å²) in [5, 5.41) is 9.26. The van der Waals surface area contributed by atoms with E-state index >= 15 is 0 Å². The predicted molar refractivity (Wildman–Crippen MR) is 91.6 cm³/mol. The fourth-order valence-electron chi connectivity index (χ4n) is 2.08.